The lowest BCUT2D eigenvalue weighted by atomic mass is 10.4. The van der Waals surface area contributed by atoms with Crippen molar-refractivity contribution in [2.75, 3.05) is 19.1 Å². The lowest BCUT2D eigenvalue weighted by molar-refractivity contribution is 0.416. The molecule has 0 aromatic carbocycles. The maximum Gasteiger partial charge on any atom is 0.252 e. The van der Waals surface area contributed by atoms with Crippen molar-refractivity contribution in [1.82, 2.24) is 4.31 Å². The highest BCUT2D eigenvalue weighted by Crippen LogP contribution is 2.25. The van der Waals surface area contributed by atoms with Crippen molar-refractivity contribution in [1.29, 1.82) is 5.26 Å². The minimum Gasteiger partial charge on any atom is -0.206 e. The van der Waals surface area contributed by atoms with Crippen LogP contribution >= 0.6 is 23.1 Å². The maximum atomic E-state index is 12.2. The van der Waals surface area contributed by atoms with E-state index in [9.17, 15) is 8.42 Å². The zero-order chi connectivity index (χ0) is 13.1. The summed E-state index contributed by atoms with van der Waals surface area (Å²) in [6, 6.07) is 4.90. The van der Waals surface area contributed by atoms with Gasteiger partial charge in [-0.25, -0.2) is 8.42 Å². The molecule has 1 unspecified atom stereocenters. The smallest absolute Gasteiger partial charge is 0.206 e. The molecule has 0 radical (unpaired) electrons. The molecule has 4 nitrogen and oxygen atoms in total. The summed E-state index contributed by atoms with van der Waals surface area (Å²) in [5.74, 6) is 0.742. The Balaban J connectivity index is 2.99. The quantitative estimate of drug-likeness (QED) is 0.832. The summed E-state index contributed by atoms with van der Waals surface area (Å²) >= 11 is 2.61. The average molecular weight is 290 g/mol. The van der Waals surface area contributed by atoms with Gasteiger partial charge in [0.05, 0.1) is 0 Å². The molecule has 0 bridgehead atoms. The molecule has 0 aliphatic rings. The van der Waals surface area contributed by atoms with Gasteiger partial charge in [0.15, 0.2) is 0 Å². The minimum absolute atomic E-state index is 0.0670. The van der Waals surface area contributed by atoms with Crippen LogP contribution in [0.15, 0.2) is 16.3 Å². The molecule has 1 aromatic heterocycles. The fraction of sp³-hybridized carbons (Fsp3) is 0.500. The number of hydrogen-bond acceptors (Lipinski definition) is 5. The van der Waals surface area contributed by atoms with E-state index in [2.05, 4.69) is 0 Å². The Morgan fingerprint density at radius 3 is 2.71 bits per heavy atom. The molecular weight excluding hydrogens is 276 g/mol. The van der Waals surface area contributed by atoms with E-state index in [0.717, 1.165) is 17.1 Å². The molecule has 94 valence electrons. The summed E-state index contributed by atoms with van der Waals surface area (Å²) in [7, 11) is -1.89. The van der Waals surface area contributed by atoms with Crippen LogP contribution in [-0.2, 0) is 10.0 Å². The number of thiophene rings is 1. The van der Waals surface area contributed by atoms with Crippen LogP contribution in [0.25, 0.3) is 0 Å². The van der Waals surface area contributed by atoms with Crippen LogP contribution in [0, 0.1) is 11.3 Å². The van der Waals surface area contributed by atoms with Crippen molar-refractivity contribution in [3.63, 3.8) is 0 Å². The fourth-order valence-corrected chi connectivity index (χ4v) is 4.69. The van der Waals surface area contributed by atoms with Crippen LogP contribution in [0.4, 0.5) is 0 Å². The molecule has 0 saturated heterocycles. The summed E-state index contributed by atoms with van der Waals surface area (Å²) in [6.07, 6.45) is 1.94. The lowest BCUT2D eigenvalue weighted by Crippen LogP contribution is -2.36. The predicted molar refractivity (Wildman–Crippen MR) is 71.8 cm³/mol. The Bertz CT molecular complexity index is 516. The number of thioether (sulfide) groups is 1. The Morgan fingerprint density at radius 2 is 2.24 bits per heavy atom. The summed E-state index contributed by atoms with van der Waals surface area (Å²) in [5.41, 5.74) is 0. The van der Waals surface area contributed by atoms with Crippen LogP contribution in [0.2, 0.25) is 0 Å². The maximum absolute atomic E-state index is 12.2. The summed E-state index contributed by atoms with van der Waals surface area (Å²) in [5, 5.41) is 8.70. The number of nitriles is 1. The SMILES string of the molecule is CSCC(C)N(C)S(=O)(=O)c1ccc(C#N)s1. The highest BCUT2D eigenvalue weighted by molar-refractivity contribution is 7.98. The van der Waals surface area contributed by atoms with E-state index in [0.29, 0.717) is 4.88 Å². The lowest BCUT2D eigenvalue weighted by Gasteiger charge is -2.22. The van der Waals surface area contributed by atoms with Crippen molar-refractivity contribution < 1.29 is 8.42 Å². The van der Waals surface area contributed by atoms with E-state index in [4.69, 9.17) is 5.26 Å². The first kappa shape index (κ1) is 14.5. The second kappa shape index (κ2) is 5.87. The molecule has 1 atom stereocenters. The Kier molecular flexibility index (Phi) is 5.01. The van der Waals surface area contributed by atoms with E-state index < -0.39 is 10.0 Å². The molecule has 0 aliphatic carbocycles. The predicted octanol–water partition coefficient (Wildman–Crippen LogP) is 1.99. The average Bonchev–Trinajstić information content (AvgIpc) is 2.77. The van der Waals surface area contributed by atoms with Gasteiger partial charge in [0.1, 0.15) is 15.2 Å². The molecule has 0 amide bonds. The van der Waals surface area contributed by atoms with Gasteiger partial charge in [-0.15, -0.1) is 11.3 Å². The monoisotopic (exact) mass is 290 g/mol. The van der Waals surface area contributed by atoms with Gasteiger partial charge < -0.3 is 0 Å². The van der Waals surface area contributed by atoms with Crippen molar-refractivity contribution in [3.8, 4) is 6.07 Å². The Hall–Kier alpha value is -0.550. The third-order valence-corrected chi connectivity index (χ3v) is 6.60. The number of hydrogen-bond donors (Lipinski definition) is 0. The molecule has 17 heavy (non-hydrogen) atoms. The zero-order valence-electron chi connectivity index (χ0n) is 9.87. The molecule has 0 saturated carbocycles. The first-order chi connectivity index (χ1) is 7.93. The topological polar surface area (TPSA) is 61.2 Å². The fourth-order valence-electron chi connectivity index (χ4n) is 1.24. The first-order valence-electron chi connectivity index (χ1n) is 4.90. The van der Waals surface area contributed by atoms with Gasteiger partial charge in [-0.3, -0.25) is 0 Å². The molecule has 1 heterocycles. The van der Waals surface area contributed by atoms with Gasteiger partial charge in [-0.1, -0.05) is 0 Å². The number of nitrogens with zero attached hydrogens (tertiary/aromatic N) is 2. The van der Waals surface area contributed by atoms with Gasteiger partial charge >= 0.3 is 0 Å². The van der Waals surface area contributed by atoms with E-state index in [1.54, 1.807) is 18.8 Å². The van der Waals surface area contributed by atoms with Crippen molar-refractivity contribution in [2.24, 2.45) is 0 Å². The van der Waals surface area contributed by atoms with Gasteiger partial charge in [0, 0.05) is 18.8 Å². The number of sulfonamides is 1. The molecule has 0 fully saturated rings. The molecule has 1 rings (SSSR count). The third-order valence-electron chi connectivity index (χ3n) is 2.35. The zero-order valence-corrected chi connectivity index (χ0v) is 12.3. The standard InChI is InChI=1S/C10H14N2O2S3/c1-8(7-15-3)12(2)17(13,14)10-5-4-9(6-11)16-10/h4-5,8H,7H2,1-3H3. The Labute approximate surface area is 110 Å². The molecule has 7 heteroatoms. The van der Waals surface area contributed by atoms with Crippen molar-refractivity contribution in [2.45, 2.75) is 17.2 Å². The van der Waals surface area contributed by atoms with E-state index in [1.165, 1.54) is 16.4 Å². The molecular formula is C10H14N2O2S3. The van der Waals surface area contributed by atoms with Crippen LogP contribution in [0.1, 0.15) is 11.8 Å². The summed E-state index contributed by atoms with van der Waals surface area (Å²) in [4.78, 5) is 0.412. The van der Waals surface area contributed by atoms with Crippen LogP contribution in [-0.4, -0.2) is 37.8 Å². The van der Waals surface area contributed by atoms with Crippen molar-refractivity contribution in [3.05, 3.63) is 17.0 Å². The van der Waals surface area contributed by atoms with Gasteiger partial charge in [0.2, 0.25) is 0 Å². The Morgan fingerprint density at radius 1 is 1.59 bits per heavy atom. The van der Waals surface area contributed by atoms with Gasteiger partial charge in [-0.2, -0.15) is 21.3 Å². The third kappa shape index (κ3) is 3.22. The van der Waals surface area contributed by atoms with Gasteiger partial charge in [-0.05, 0) is 25.3 Å². The normalized spacial score (nSPS) is 13.6. The second-order valence-electron chi connectivity index (χ2n) is 3.56. The van der Waals surface area contributed by atoms with E-state index in [1.807, 2.05) is 19.2 Å². The molecule has 0 spiro atoms. The van der Waals surface area contributed by atoms with Gasteiger partial charge in [0.25, 0.3) is 10.0 Å². The van der Waals surface area contributed by atoms with Crippen LogP contribution in [0.3, 0.4) is 0 Å². The van der Waals surface area contributed by atoms with E-state index in [-0.39, 0.29) is 10.3 Å². The highest BCUT2D eigenvalue weighted by Gasteiger charge is 2.26. The molecule has 1 aromatic rings. The summed E-state index contributed by atoms with van der Waals surface area (Å²) < 4.78 is 26.0. The molecule has 0 N–H and O–H groups in total. The minimum atomic E-state index is -3.46. The largest absolute Gasteiger partial charge is 0.252 e. The van der Waals surface area contributed by atoms with Crippen LogP contribution < -0.4 is 0 Å². The number of rotatable bonds is 5. The second-order valence-corrected chi connectivity index (χ2v) is 7.77. The van der Waals surface area contributed by atoms with Crippen LogP contribution in [0.5, 0.6) is 0 Å². The molecule has 0 aliphatic heterocycles. The summed E-state index contributed by atoms with van der Waals surface area (Å²) in [6.45, 7) is 1.87. The van der Waals surface area contributed by atoms with Crippen molar-refractivity contribution >= 4 is 33.1 Å². The highest BCUT2D eigenvalue weighted by atomic mass is 32.2. The van der Waals surface area contributed by atoms with E-state index >= 15 is 0 Å². The first-order valence-corrected chi connectivity index (χ1v) is 8.55.